The summed E-state index contributed by atoms with van der Waals surface area (Å²) in [6.45, 7) is 1.91. The van der Waals surface area contributed by atoms with Gasteiger partial charge >= 0.3 is 5.69 Å². The molecule has 0 aliphatic rings. The molecular formula is C17H21ClN2O3. The first-order chi connectivity index (χ1) is 10.5. The smallest absolute Gasteiger partial charge is 0.498 e. The Morgan fingerprint density at radius 3 is 2.22 bits per heavy atom. The van der Waals surface area contributed by atoms with Gasteiger partial charge < -0.3 is 21.9 Å². The topological polar surface area (TPSA) is 44.3 Å². The molecule has 23 heavy (non-hydrogen) atoms. The zero-order chi connectivity index (χ0) is 16.3. The van der Waals surface area contributed by atoms with E-state index in [-0.39, 0.29) is 18.1 Å². The normalized spacial score (nSPS) is 10.5. The standard InChI is InChI=1S/C17H21N2O3.ClH/c1-12-11-13(19(3)17(20)18(12)2)9-10-14-15(21-4)7-6-8-16(14)22-5;/h6-11H,1-5H3;1H/q+1;/p-1. The molecule has 1 aromatic carbocycles. The predicted molar refractivity (Wildman–Crippen MR) is 86.1 cm³/mol. The van der Waals surface area contributed by atoms with Crippen LogP contribution in [0.15, 0.2) is 29.1 Å². The molecule has 124 valence electrons. The molecule has 0 radical (unpaired) electrons. The van der Waals surface area contributed by atoms with Gasteiger partial charge in [-0.1, -0.05) is 6.07 Å². The molecule has 0 aliphatic carbocycles. The van der Waals surface area contributed by atoms with E-state index in [0.29, 0.717) is 0 Å². The molecule has 1 heterocycles. The molecule has 1 aromatic heterocycles. The van der Waals surface area contributed by atoms with E-state index in [2.05, 4.69) is 0 Å². The van der Waals surface area contributed by atoms with E-state index in [1.54, 1.807) is 37.4 Å². The first-order valence-corrected chi connectivity index (χ1v) is 6.95. The molecule has 6 heteroatoms. The molecule has 0 amide bonds. The Kier molecular flexibility index (Phi) is 6.39. The zero-order valence-corrected chi connectivity index (χ0v) is 14.7. The number of methoxy groups -OCH3 is 2. The average Bonchev–Trinajstić information content (AvgIpc) is 2.54. The summed E-state index contributed by atoms with van der Waals surface area (Å²) in [5.74, 6) is 1.44. The van der Waals surface area contributed by atoms with E-state index in [1.807, 2.05) is 43.3 Å². The van der Waals surface area contributed by atoms with Crippen LogP contribution in [0.3, 0.4) is 0 Å². The maximum atomic E-state index is 12.1. The van der Waals surface area contributed by atoms with Gasteiger partial charge in [0, 0.05) is 6.07 Å². The lowest BCUT2D eigenvalue weighted by Gasteiger charge is -2.09. The third-order valence-electron chi connectivity index (χ3n) is 3.73. The number of ether oxygens (including phenoxy) is 2. The third kappa shape index (κ3) is 3.74. The van der Waals surface area contributed by atoms with Gasteiger partial charge in [-0.15, -0.1) is 0 Å². The van der Waals surface area contributed by atoms with Crippen molar-refractivity contribution in [2.75, 3.05) is 14.2 Å². The predicted octanol–water partition coefficient (Wildman–Crippen LogP) is -1.29. The van der Waals surface area contributed by atoms with Crippen LogP contribution < -0.4 is 32.1 Å². The number of rotatable bonds is 4. The molecule has 0 unspecified atom stereocenters. The number of halogens is 1. The van der Waals surface area contributed by atoms with Gasteiger partial charge in [0.25, 0.3) is 0 Å². The lowest BCUT2D eigenvalue weighted by atomic mass is 10.1. The van der Waals surface area contributed by atoms with Gasteiger partial charge in [0.15, 0.2) is 0 Å². The highest BCUT2D eigenvalue weighted by Gasteiger charge is 2.12. The molecule has 0 aliphatic heterocycles. The van der Waals surface area contributed by atoms with Crippen molar-refractivity contribution >= 4 is 12.2 Å². The number of nitrogens with zero attached hydrogens (tertiary/aromatic N) is 2. The summed E-state index contributed by atoms with van der Waals surface area (Å²) >= 11 is 0. The van der Waals surface area contributed by atoms with Crippen molar-refractivity contribution < 1.29 is 26.4 Å². The fourth-order valence-electron chi connectivity index (χ4n) is 2.27. The van der Waals surface area contributed by atoms with E-state index in [0.717, 1.165) is 28.5 Å². The van der Waals surface area contributed by atoms with Crippen LogP contribution in [0, 0.1) is 6.92 Å². The van der Waals surface area contributed by atoms with Crippen LogP contribution in [0.5, 0.6) is 11.5 Å². The van der Waals surface area contributed by atoms with Crippen LogP contribution in [0.4, 0.5) is 0 Å². The number of aryl methyl sites for hydroxylation is 1. The Hall–Kier alpha value is -2.27. The van der Waals surface area contributed by atoms with Crippen molar-refractivity contribution in [3.8, 4) is 11.5 Å². The first kappa shape index (κ1) is 18.8. The fourth-order valence-corrected chi connectivity index (χ4v) is 2.27. The van der Waals surface area contributed by atoms with Crippen LogP contribution in [-0.2, 0) is 14.1 Å². The quantitative estimate of drug-likeness (QED) is 0.653. The van der Waals surface area contributed by atoms with Gasteiger partial charge in [0.05, 0.1) is 33.9 Å². The summed E-state index contributed by atoms with van der Waals surface area (Å²) in [5, 5.41) is 0. The van der Waals surface area contributed by atoms with E-state index >= 15 is 0 Å². The SMILES string of the molecule is COc1cccc(OC)c1C=Cc1cc(C)n(C)c(=O)[n+]1C.[Cl-]. The molecule has 5 nitrogen and oxygen atoms in total. The second-order valence-corrected chi connectivity index (χ2v) is 5.02. The lowest BCUT2D eigenvalue weighted by molar-refractivity contribution is -0.692. The molecular weight excluding hydrogens is 316 g/mol. The van der Waals surface area contributed by atoms with Crippen molar-refractivity contribution in [3.05, 3.63) is 51.7 Å². The Morgan fingerprint density at radius 1 is 1.13 bits per heavy atom. The Balaban J connectivity index is 0.00000264. The third-order valence-corrected chi connectivity index (χ3v) is 3.73. The minimum absolute atomic E-state index is 0. The number of benzene rings is 1. The molecule has 0 N–H and O–H groups in total. The highest BCUT2D eigenvalue weighted by molar-refractivity contribution is 5.74. The van der Waals surface area contributed by atoms with Crippen molar-refractivity contribution in [2.24, 2.45) is 14.1 Å². The van der Waals surface area contributed by atoms with Crippen LogP contribution in [-0.4, -0.2) is 18.8 Å². The molecule has 0 spiro atoms. The van der Waals surface area contributed by atoms with E-state index in [4.69, 9.17) is 9.47 Å². The van der Waals surface area contributed by atoms with Crippen molar-refractivity contribution in [1.82, 2.24) is 4.57 Å². The minimum atomic E-state index is -0.0633. The zero-order valence-electron chi connectivity index (χ0n) is 14.0. The highest BCUT2D eigenvalue weighted by Crippen LogP contribution is 2.29. The molecule has 0 bridgehead atoms. The summed E-state index contributed by atoms with van der Waals surface area (Å²) in [5.41, 5.74) is 2.49. The average molecular weight is 337 g/mol. The molecule has 0 saturated carbocycles. The van der Waals surface area contributed by atoms with E-state index < -0.39 is 0 Å². The molecule has 0 atom stereocenters. The molecule has 0 saturated heterocycles. The second-order valence-electron chi connectivity index (χ2n) is 5.02. The Morgan fingerprint density at radius 2 is 1.70 bits per heavy atom. The Bertz CT molecular complexity index is 760. The van der Waals surface area contributed by atoms with Crippen LogP contribution >= 0.6 is 0 Å². The highest BCUT2D eigenvalue weighted by atomic mass is 35.5. The van der Waals surface area contributed by atoms with Crippen molar-refractivity contribution in [1.29, 1.82) is 0 Å². The van der Waals surface area contributed by atoms with Crippen molar-refractivity contribution in [2.45, 2.75) is 6.92 Å². The fraction of sp³-hybridized carbons (Fsp3) is 0.294. The number of hydrogen-bond acceptors (Lipinski definition) is 3. The molecule has 2 aromatic rings. The largest absolute Gasteiger partial charge is 1.00 e. The van der Waals surface area contributed by atoms with Crippen LogP contribution in [0.2, 0.25) is 0 Å². The molecule has 2 rings (SSSR count). The molecule has 0 fully saturated rings. The van der Waals surface area contributed by atoms with Gasteiger partial charge in [0.2, 0.25) is 0 Å². The minimum Gasteiger partial charge on any atom is -1.00 e. The number of aromatic nitrogens is 2. The summed E-state index contributed by atoms with van der Waals surface area (Å²) in [4.78, 5) is 12.1. The van der Waals surface area contributed by atoms with Gasteiger partial charge in [-0.25, -0.2) is 0 Å². The van der Waals surface area contributed by atoms with Gasteiger partial charge in [0.1, 0.15) is 22.9 Å². The first-order valence-electron chi connectivity index (χ1n) is 6.95. The maximum absolute atomic E-state index is 12.1. The summed E-state index contributed by atoms with van der Waals surface area (Å²) in [7, 11) is 6.75. The number of hydrogen-bond donors (Lipinski definition) is 0. The Labute approximate surface area is 142 Å². The van der Waals surface area contributed by atoms with Gasteiger partial charge in [-0.3, -0.25) is 0 Å². The summed E-state index contributed by atoms with van der Waals surface area (Å²) < 4.78 is 14.0. The van der Waals surface area contributed by atoms with E-state index in [1.165, 1.54) is 0 Å². The summed E-state index contributed by atoms with van der Waals surface area (Å²) in [6.07, 6.45) is 3.78. The van der Waals surface area contributed by atoms with Gasteiger partial charge in [-0.05, 0) is 31.2 Å². The maximum Gasteiger partial charge on any atom is 0.498 e. The lowest BCUT2D eigenvalue weighted by Crippen LogP contribution is -3.00. The van der Waals surface area contributed by atoms with E-state index in [9.17, 15) is 4.79 Å². The monoisotopic (exact) mass is 336 g/mol. The van der Waals surface area contributed by atoms with Crippen molar-refractivity contribution in [3.63, 3.8) is 0 Å². The summed E-state index contributed by atoms with van der Waals surface area (Å²) in [6, 6.07) is 7.58. The van der Waals surface area contributed by atoms with Crippen LogP contribution in [0.1, 0.15) is 17.0 Å². The second kappa shape index (κ2) is 7.83. The van der Waals surface area contributed by atoms with Gasteiger partial charge in [-0.2, -0.15) is 13.9 Å². The van der Waals surface area contributed by atoms with Crippen LogP contribution in [0.25, 0.3) is 12.2 Å².